The van der Waals surface area contributed by atoms with Crippen molar-refractivity contribution < 1.29 is 4.74 Å². The summed E-state index contributed by atoms with van der Waals surface area (Å²) in [5.41, 5.74) is 2.41. The Morgan fingerprint density at radius 3 is 1.73 bits per heavy atom. The molecule has 0 bridgehead atoms. The van der Waals surface area contributed by atoms with Gasteiger partial charge in [-0.1, -0.05) is 66.7 Å². The van der Waals surface area contributed by atoms with Gasteiger partial charge in [0.25, 0.3) is 0 Å². The number of benzene rings is 3. The molecule has 2 heteroatoms. The Labute approximate surface area is 132 Å². The minimum Gasteiger partial charge on any atom is -0.455 e. The van der Waals surface area contributed by atoms with E-state index in [9.17, 15) is 0 Å². The van der Waals surface area contributed by atoms with Gasteiger partial charge in [-0.05, 0) is 38.2 Å². The molecule has 0 N–H and O–H groups in total. The number of ether oxygens (including phenoxy) is 1. The summed E-state index contributed by atoms with van der Waals surface area (Å²) in [6, 6.07) is 23.7. The van der Waals surface area contributed by atoms with Crippen molar-refractivity contribution >= 4 is 23.8 Å². The number of hydrogen-bond acceptors (Lipinski definition) is 1. The normalized spacial score (nSPS) is 13.2. The van der Waals surface area contributed by atoms with Crippen molar-refractivity contribution in [3.8, 4) is 11.5 Å². The molecule has 1 heterocycles. The predicted molar refractivity (Wildman–Crippen MR) is 94.7 cm³/mol. The maximum absolute atomic E-state index is 6.31. The predicted octanol–water partition coefficient (Wildman–Crippen LogP) is 4.17. The third-order valence-corrected chi connectivity index (χ3v) is 6.57. The highest BCUT2D eigenvalue weighted by Gasteiger charge is 2.29. The Morgan fingerprint density at radius 2 is 1.18 bits per heavy atom. The number of rotatable bonds is 1. The van der Waals surface area contributed by atoms with Crippen LogP contribution >= 0.6 is 7.92 Å². The van der Waals surface area contributed by atoms with E-state index in [2.05, 4.69) is 80.6 Å². The summed E-state index contributed by atoms with van der Waals surface area (Å²) in [6.45, 7) is 4.25. The van der Waals surface area contributed by atoms with E-state index in [1.54, 1.807) is 0 Å². The van der Waals surface area contributed by atoms with Crippen LogP contribution in [0.2, 0.25) is 0 Å². The molecule has 0 spiro atoms. The van der Waals surface area contributed by atoms with Gasteiger partial charge in [0, 0.05) is 10.6 Å². The van der Waals surface area contributed by atoms with E-state index in [4.69, 9.17) is 4.74 Å². The van der Waals surface area contributed by atoms with Gasteiger partial charge < -0.3 is 4.74 Å². The monoisotopic (exact) mass is 304 g/mol. The maximum atomic E-state index is 6.31. The summed E-state index contributed by atoms with van der Waals surface area (Å²) in [5, 5.41) is 4.01. The molecule has 0 unspecified atom stereocenters. The van der Waals surface area contributed by atoms with Crippen molar-refractivity contribution in [2.45, 2.75) is 13.8 Å². The zero-order valence-electron chi connectivity index (χ0n) is 12.7. The van der Waals surface area contributed by atoms with Gasteiger partial charge in [-0.25, -0.2) is 0 Å². The third kappa shape index (κ3) is 2.05. The quantitative estimate of drug-likeness (QED) is 0.480. The van der Waals surface area contributed by atoms with Gasteiger partial charge in [-0.2, -0.15) is 0 Å². The smallest absolute Gasteiger partial charge is 0.138 e. The molecule has 1 nitrogen and oxygen atoms in total. The summed E-state index contributed by atoms with van der Waals surface area (Å²) >= 11 is 0. The maximum Gasteiger partial charge on any atom is 0.138 e. The van der Waals surface area contributed by atoms with Gasteiger partial charge in [0.05, 0.1) is 0 Å². The van der Waals surface area contributed by atoms with E-state index >= 15 is 0 Å². The second-order valence-electron chi connectivity index (χ2n) is 5.62. The number of aryl methyl sites for hydroxylation is 2. The van der Waals surface area contributed by atoms with Crippen LogP contribution in [0.1, 0.15) is 11.1 Å². The fourth-order valence-corrected chi connectivity index (χ4v) is 5.59. The second kappa shape index (κ2) is 5.26. The van der Waals surface area contributed by atoms with Gasteiger partial charge in [-0.3, -0.25) is 0 Å². The first-order valence-electron chi connectivity index (χ1n) is 7.48. The first-order valence-corrected chi connectivity index (χ1v) is 8.82. The van der Waals surface area contributed by atoms with Crippen molar-refractivity contribution in [1.29, 1.82) is 0 Å². The fraction of sp³-hybridized carbons (Fsp3) is 0.100. The van der Waals surface area contributed by atoms with Crippen LogP contribution in [0.5, 0.6) is 11.5 Å². The molecule has 0 atom stereocenters. The largest absolute Gasteiger partial charge is 0.455 e. The van der Waals surface area contributed by atoms with E-state index in [1.165, 1.54) is 27.0 Å². The number of para-hydroxylation sites is 2. The molecule has 0 amide bonds. The molecule has 3 aromatic carbocycles. The van der Waals surface area contributed by atoms with Gasteiger partial charge in [-0.15, -0.1) is 0 Å². The summed E-state index contributed by atoms with van der Waals surface area (Å²) < 4.78 is 6.31. The fourth-order valence-electron chi connectivity index (χ4n) is 2.98. The van der Waals surface area contributed by atoms with E-state index in [0.29, 0.717) is 0 Å². The highest BCUT2D eigenvalue weighted by atomic mass is 31.1. The summed E-state index contributed by atoms with van der Waals surface area (Å²) in [7, 11) is -0.556. The van der Waals surface area contributed by atoms with Gasteiger partial charge in [0.2, 0.25) is 0 Å². The topological polar surface area (TPSA) is 9.23 Å². The molecule has 3 aromatic rings. The Balaban J connectivity index is 2.02. The van der Waals surface area contributed by atoms with Crippen LogP contribution in [0.25, 0.3) is 0 Å². The molecule has 0 saturated heterocycles. The summed E-state index contributed by atoms with van der Waals surface area (Å²) in [6.07, 6.45) is 0. The molecule has 0 saturated carbocycles. The molecule has 0 aliphatic carbocycles. The van der Waals surface area contributed by atoms with Crippen LogP contribution in [0.15, 0.2) is 66.7 Å². The second-order valence-corrected chi connectivity index (χ2v) is 7.77. The minimum atomic E-state index is -0.556. The first kappa shape index (κ1) is 13.5. The van der Waals surface area contributed by atoms with E-state index in [-0.39, 0.29) is 0 Å². The average Bonchev–Trinajstić information content (AvgIpc) is 2.55. The zero-order chi connectivity index (χ0) is 15.1. The van der Waals surface area contributed by atoms with Gasteiger partial charge >= 0.3 is 0 Å². The van der Waals surface area contributed by atoms with Gasteiger partial charge in [0.1, 0.15) is 11.5 Å². The minimum absolute atomic E-state index is 0.556. The summed E-state index contributed by atoms with van der Waals surface area (Å²) in [4.78, 5) is 0. The molecule has 0 aromatic heterocycles. The van der Waals surface area contributed by atoms with Crippen LogP contribution in [-0.4, -0.2) is 0 Å². The van der Waals surface area contributed by atoms with Crippen LogP contribution in [-0.2, 0) is 0 Å². The molecule has 4 rings (SSSR count). The lowest BCUT2D eigenvalue weighted by Crippen LogP contribution is -2.28. The average molecular weight is 304 g/mol. The van der Waals surface area contributed by atoms with Crippen molar-refractivity contribution in [1.82, 2.24) is 0 Å². The van der Waals surface area contributed by atoms with Crippen LogP contribution in [0.3, 0.4) is 0 Å². The Hall–Kier alpha value is -2.11. The molecule has 0 radical (unpaired) electrons. The van der Waals surface area contributed by atoms with Crippen LogP contribution in [0, 0.1) is 13.8 Å². The highest BCUT2D eigenvalue weighted by molar-refractivity contribution is 7.80. The molecule has 108 valence electrons. The van der Waals surface area contributed by atoms with Crippen molar-refractivity contribution in [3.63, 3.8) is 0 Å². The van der Waals surface area contributed by atoms with E-state index < -0.39 is 7.92 Å². The SMILES string of the molecule is Cc1cccc2c1Oc1c(C)cccc1P2c1ccccc1. The summed E-state index contributed by atoms with van der Waals surface area (Å²) in [5.74, 6) is 2.08. The number of fused-ring (bicyclic) bond motifs is 2. The molecular formula is C20H17OP. The lowest BCUT2D eigenvalue weighted by Gasteiger charge is -2.30. The van der Waals surface area contributed by atoms with Crippen molar-refractivity contribution in [2.24, 2.45) is 0 Å². The lowest BCUT2D eigenvalue weighted by molar-refractivity contribution is 0.481. The highest BCUT2D eigenvalue weighted by Crippen LogP contribution is 2.46. The Morgan fingerprint density at radius 1 is 0.636 bits per heavy atom. The molecular weight excluding hydrogens is 287 g/mol. The third-order valence-electron chi connectivity index (χ3n) is 4.08. The molecule has 1 aliphatic heterocycles. The van der Waals surface area contributed by atoms with E-state index in [0.717, 1.165) is 11.5 Å². The first-order chi connectivity index (χ1) is 10.8. The van der Waals surface area contributed by atoms with Crippen molar-refractivity contribution in [2.75, 3.05) is 0 Å². The zero-order valence-corrected chi connectivity index (χ0v) is 13.6. The Bertz CT molecular complexity index is 788. The molecule has 22 heavy (non-hydrogen) atoms. The molecule has 1 aliphatic rings. The standard InChI is InChI=1S/C20H17OP/c1-14-8-6-12-17-19(14)21-20-15(2)9-7-13-18(20)22(17)16-10-4-3-5-11-16/h3-13H,1-2H3. The number of hydrogen-bond donors (Lipinski definition) is 0. The van der Waals surface area contributed by atoms with E-state index in [1.807, 2.05) is 0 Å². The molecule has 0 fully saturated rings. The van der Waals surface area contributed by atoms with Crippen LogP contribution in [0.4, 0.5) is 0 Å². The van der Waals surface area contributed by atoms with Crippen molar-refractivity contribution in [3.05, 3.63) is 77.9 Å². The van der Waals surface area contributed by atoms with Gasteiger partial charge in [0.15, 0.2) is 0 Å². The van der Waals surface area contributed by atoms with Crippen LogP contribution < -0.4 is 20.7 Å². The Kier molecular flexibility index (Phi) is 3.24. The lowest BCUT2D eigenvalue weighted by atomic mass is 10.2.